The Bertz CT molecular complexity index is 572. The zero-order valence-electron chi connectivity index (χ0n) is 10.3. The van der Waals surface area contributed by atoms with Gasteiger partial charge < -0.3 is 10.1 Å². The number of anilines is 1. The molecular weight excluding hydrogens is 266 g/mol. The molecule has 0 bridgehead atoms. The van der Waals surface area contributed by atoms with E-state index in [1.165, 1.54) is 13.3 Å². The number of nitrogens with zero attached hydrogens (tertiary/aromatic N) is 2. The monoisotopic (exact) mass is 277 g/mol. The molecule has 0 fully saturated rings. The molecule has 1 aromatic heterocycles. The molecule has 0 amide bonds. The Morgan fingerprint density at radius 3 is 2.74 bits per heavy atom. The summed E-state index contributed by atoms with van der Waals surface area (Å²) in [5, 5.41) is 3.79. The smallest absolute Gasteiger partial charge is 0.376 e. The zero-order valence-corrected chi connectivity index (χ0v) is 11.0. The molecule has 0 spiro atoms. The predicted octanol–water partition coefficient (Wildman–Crippen LogP) is 2.53. The van der Waals surface area contributed by atoms with Crippen molar-refractivity contribution in [3.05, 3.63) is 52.9 Å². The SMILES string of the molecule is COC(=O)c1nccc(NCc2ccc(Cl)cc2)n1. The van der Waals surface area contributed by atoms with Gasteiger partial charge in [-0.2, -0.15) is 0 Å². The number of esters is 1. The van der Waals surface area contributed by atoms with E-state index in [1.807, 2.05) is 24.3 Å². The largest absolute Gasteiger partial charge is 0.463 e. The standard InChI is InChI=1S/C13H12ClN3O2/c1-19-13(18)12-15-7-6-11(17-12)16-8-9-2-4-10(14)5-3-9/h2-7H,8H2,1H3,(H,15,16,17). The average molecular weight is 278 g/mol. The molecule has 1 N–H and O–H groups in total. The van der Waals surface area contributed by atoms with Crippen molar-refractivity contribution >= 4 is 23.4 Å². The highest BCUT2D eigenvalue weighted by Crippen LogP contribution is 2.11. The summed E-state index contributed by atoms with van der Waals surface area (Å²) in [5.41, 5.74) is 1.06. The molecule has 0 aliphatic carbocycles. The van der Waals surface area contributed by atoms with Crippen molar-refractivity contribution in [2.75, 3.05) is 12.4 Å². The Morgan fingerprint density at radius 1 is 1.32 bits per heavy atom. The molecule has 6 heteroatoms. The molecular formula is C13H12ClN3O2. The second kappa shape index (κ2) is 6.15. The fraction of sp³-hybridized carbons (Fsp3) is 0.154. The van der Waals surface area contributed by atoms with E-state index in [4.69, 9.17) is 11.6 Å². The van der Waals surface area contributed by atoms with Gasteiger partial charge in [-0.05, 0) is 23.8 Å². The molecule has 0 radical (unpaired) electrons. The number of aromatic nitrogens is 2. The van der Waals surface area contributed by atoms with Crippen LogP contribution in [0.5, 0.6) is 0 Å². The third kappa shape index (κ3) is 3.66. The molecule has 0 aliphatic heterocycles. The number of benzene rings is 1. The Morgan fingerprint density at radius 2 is 2.05 bits per heavy atom. The van der Waals surface area contributed by atoms with Gasteiger partial charge in [0.15, 0.2) is 0 Å². The van der Waals surface area contributed by atoms with Crippen molar-refractivity contribution < 1.29 is 9.53 Å². The number of nitrogens with one attached hydrogen (secondary N) is 1. The molecule has 98 valence electrons. The quantitative estimate of drug-likeness (QED) is 0.870. The lowest BCUT2D eigenvalue weighted by Gasteiger charge is -2.06. The minimum absolute atomic E-state index is 0.0311. The molecule has 0 unspecified atom stereocenters. The fourth-order valence-electron chi connectivity index (χ4n) is 1.44. The molecule has 0 saturated heterocycles. The average Bonchev–Trinajstić information content (AvgIpc) is 2.46. The first-order valence-corrected chi connectivity index (χ1v) is 5.96. The van der Waals surface area contributed by atoms with Gasteiger partial charge in [-0.25, -0.2) is 14.8 Å². The Labute approximate surface area is 115 Å². The van der Waals surface area contributed by atoms with Crippen molar-refractivity contribution in [2.24, 2.45) is 0 Å². The van der Waals surface area contributed by atoms with Crippen LogP contribution < -0.4 is 5.32 Å². The zero-order chi connectivity index (χ0) is 13.7. The van der Waals surface area contributed by atoms with E-state index >= 15 is 0 Å². The van der Waals surface area contributed by atoms with Crippen LogP contribution in [0.2, 0.25) is 5.02 Å². The molecule has 1 heterocycles. The molecule has 0 saturated carbocycles. The number of carbonyl (C=O) groups is 1. The summed E-state index contributed by atoms with van der Waals surface area (Å²) in [6.07, 6.45) is 1.50. The molecule has 2 rings (SSSR count). The van der Waals surface area contributed by atoms with Crippen molar-refractivity contribution in [3.63, 3.8) is 0 Å². The van der Waals surface area contributed by atoms with Gasteiger partial charge in [-0.15, -0.1) is 0 Å². The summed E-state index contributed by atoms with van der Waals surface area (Å²) in [6, 6.07) is 9.15. The van der Waals surface area contributed by atoms with Gasteiger partial charge in [0.25, 0.3) is 0 Å². The van der Waals surface area contributed by atoms with Crippen LogP contribution in [0.25, 0.3) is 0 Å². The van der Waals surface area contributed by atoms with Crippen molar-refractivity contribution in [1.29, 1.82) is 0 Å². The normalized spacial score (nSPS) is 10.0. The first-order valence-electron chi connectivity index (χ1n) is 5.58. The van der Waals surface area contributed by atoms with Crippen LogP contribution in [-0.2, 0) is 11.3 Å². The Hall–Kier alpha value is -2.14. The third-order valence-corrected chi connectivity index (χ3v) is 2.66. The van der Waals surface area contributed by atoms with Crippen LogP contribution >= 0.6 is 11.6 Å². The van der Waals surface area contributed by atoms with Gasteiger partial charge in [0.1, 0.15) is 5.82 Å². The van der Waals surface area contributed by atoms with E-state index < -0.39 is 5.97 Å². The van der Waals surface area contributed by atoms with Gasteiger partial charge in [0.2, 0.25) is 5.82 Å². The molecule has 0 aliphatic rings. The number of rotatable bonds is 4. The van der Waals surface area contributed by atoms with E-state index in [-0.39, 0.29) is 5.82 Å². The van der Waals surface area contributed by atoms with Crippen LogP contribution in [0.3, 0.4) is 0 Å². The van der Waals surface area contributed by atoms with E-state index in [9.17, 15) is 4.79 Å². The summed E-state index contributed by atoms with van der Waals surface area (Å²) in [7, 11) is 1.29. The topological polar surface area (TPSA) is 64.1 Å². The molecule has 0 atom stereocenters. The van der Waals surface area contributed by atoms with Gasteiger partial charge in [0, 0.05) is 17.8 Å². The number of hydrogen-bond donors (Lipinski definition) is 1. The minimum Gasteiger partial charge on any atom is -0.463 e. The van der Waals surface area contributed by atoms with E-state index in [0.717, 1.165) is 5.56 Å². The van der Waals surface area contributed by atoms with E-state index in [0.29, 0.717) is 17.4 Å². The van der Waals surface area contributed by atoms with Gasteiger partial charge in [-0.3, -0.25) is 0 Å². The number of ether oxygens (including phenoxy) is 1. The lowest BCUT2D eigenvalue weighted by atomic mass is 10.2. The number of hydrogen-bond acceptors (Lipinski definition) is 5. The number of carbonyl (C=O) groups excluding carboxylic acids is 1. The van der Waals surface area contributed by atoms with Crippen LogP contribution in [0.1, 0.15) is 16.2 Å². The Balaban J connectivity index is 2.03. The van der Waals surface area contributed by atoms with Crippen LogP contribution in [0, 0.1) is 0 Å². The minimum atomic E-state index is -0.560. The molecule has 1 aromatic carbocycles. The highest BCUT2D eigenvalue weighted by Gasteiger charge is 2.09. The summed E-state index contributed by atoms with van der Waals surface area (Å²) in [6.45, 7) is 0.578. The maximum atomic E-state index is 11.3. The summed E-state index contributed by atoms with van der Waals surface area (Å²) >= 11 is 5.81. The highest BCUT2D eigenvalue weighted by atomic mass is 35.5. The lowest BCUT2D eigenvalue weighted by Crippen LogP contribution is -2.09. The van der Waals surface area contributed by atoms with Crippen molar-refractivity contribution in [1.82, 2.24) is 9.97 Å². The van der Waals surface area contributed by atoms with Crippen LogP contribution in [-0.4, -0.2) is 23.0 Å². The summed E-state index contributed by atoms with van der Waals surface area (Å²) in [5.74, 6) is 0.0316. The van der Waals surface area contributed by atoms with Gasteiger partial charge >= 0.3 is 5.97 Å². The number of methoxy groups -OCH3 is 1. The first-order chi connectivity index (χ1) is 9.19. The van der Waals surface area contributed by atoms with Crippen molar-refractivity contribution in [3.8, 4) is 0 Å². The molecule has 5 nitrogen and oxygen atoms in total. The van der Waals surface area contributed by atoms with Crippen molar-refractivity contribution in [2.45, 2.75) is 6.54 Å². The van der Waals surface area contributed by atoms with E-state index in [2.05, 4.69) is 20.0 Å². The van der Waals surface area contributed by atoms with Gasteiger partial charge in [0.05, 0.1) is 7.11 Å². The maximum Gasteiger partial charge on any atom is 0.376 e. The highest BCUT2D eigenvalue weighted by molar-refractivity contribution is 6.30. The maximum absolute atomic E-state index is 11.3. The predicted molar refractivity (Wildman–Crippen MR) is 72.2 cm³/mol. The number of halogens is 1. The van der Waals surface area contributed by atoms with Crippen LogP contribution in [0.15, 0.2) is 36.5 Å². The molecule has 19 heavy (non-hydrogen) atoms. The summed E-state index contributed by atoms with van der Waals surface area (Å²) < 4.78 is 4.56. The summed E-state index contributed by atoms with van der Waals surface area (Å²) in [4.78, 5) is 19.2. The van der Waals surface area contributed by atoms with Crippen LogP contribution in [0.4, 0.5) is 5.82 Å². The third-order valence-electron chi connectivity index (χ3n) is 2.41. The second-order valence-electron chi connectivity index (χ2n) is 3.74. The second-order valence-corrected chi connectivity index (χ2v) is 4.17. The fourth-order valence-corrected chi connectivity index (χ4v) is 1.57. The van der Waals surface area contributed by atoms with E-state index in [1.54, 1.807) is 6.07 Å². The molecule has 2 aromatic rings. The van der Waals surface area contributed by atoms with Gasteiger partial charge in [-0.1, -0.05) is 23.7 Å². The lowest BCUT2D eigenvalue weighted by molar-refractivity contribution is 0.0587. The Kier molecular flexibility index (Phi) is 4.30. The first kappa shape index (κ1) is 13.3.